The first kappa shape index (κ1) is 16.7. The summed E-state index contributed by atoms with van der Waals surface area (Å²) in [4.78, 5) is 16.6. The molecule has 0 bridgehead atoms. The first-order valence-corrected chi connectivity index (χ1v) is 8.19. The third-order valence-electron chi connectivity index (χ3n) is 4.54. The summed E-state index contributed by atoms with van der Waals surface area (Å²) >= 11 is 0. The predicted molar refractivity (Wildman–Crippen MR) is 90.7 cm³/mol. The molecule has 1 amide bonds. The zero-order valence-corrected chi connectivity index (χ0v) is 13.9. The fourth-order valence-electron chi connectivity index (χ4n) is 3.13. The van der Waals surface area contributed by atoms with E-state index in [4.69, 9.17) is 5.73 Å². The van der Waals surface area contributed by atoms with Gasteiger partial charge in [0.1, 0.15) is 5.82 Å². The molecule has 0 aromatic carbocycles. The van der Waals surface area contributed by atoms with E-state index >= 15 is 0 Å². The summed E-state index contributed by atoms with van der Waals surface area (Å²) in [6.45, 7) is 6.99. The van der Waals surface area contributed by atoms with Crippen molar-refractivity contribution >= 4 is 17.4 Å². The minimum atomic E-state index is -0.146. The van der Waals surface area contributed by atoms with Crippen LogP contribution in [-0.4, -0.2) is 23.0 Å². The van der Waals surface area contributed by atoms with Crippen molar-refractivity contribution in [2.24, 2.45) is 17.6 Å². The number of amides is 1. The van der Waals surface area contributed by atoms with Gasteiger partial charge in [-0.2, -0.15) is 0 Å². The number of anilines is 2. The first-order chi connectivity index (χ1) is 10.4. The van der Waals surface area contributed by atoms with E-state index in [9.17, 15) is 4.79 Å². The van der Waals surface area contributed by atoms with Gasteiger partial charge in [-0.3, -0.25) is 4.79 Å². The predicted octanol–water partition coefficient (Wildman–Crippen LogP) is 3.00. The average molecular weight is 304 g/mol. The number of rotatable bonds is 5. The summed E-state index contributed by atoms with van der Waals surface area (Å²) in [5, 5.41) is 6.16. The quantitative estimate of drug-likeness (QED) is 0.781. The van der Waals surface area contributed by atoms with Crippen molar-refractivity contribution in [3.8, 4) is 0 Å². The van der Waals surface area contributed by atoms with Crippen LogP contribution in [0, 0.1) is 11.8 Å². The number of nitrogens with zero attached hydrogens (tertiary/aromatic N) is 1. The van der Waals surface area contributed by atoms with Gasteiger partial charge in [-0.25, -0.2) is 4.98 Å². The fraction of sp³-hybridized carbons (Fsp3) is 0.647. The maximum atomic E-state index is 12.4. The Hall–Kier alpha value is -1.62. The summed E-state index contributed by atoms with van der Waals surface area (Å²) in [5.74, 6) is 1.50. The van der Waals surface area contributed by atoms with E-state index in [2.05, 4.69) is 29.5 Å². The minimum Gasteiger partial charge on any atom is -0.370 e. The average Bonchev–Trinajstić information content (AvgIpc) is 2.47. The highest BCUT2D eigenvalue weighted by molar-refractivity contribution is 5.92. The molecule has 1 aliphatic carbocycles. The van der Waals surface area contributed by atoms with Crippen LogP contribution in [0.5, 0.6) is 0 Å². The van der Waals surface area contributed by atoms with E-state index in [1.165, 1.54) is 0 Å². The van der Waals surface area contributed by atoms with Crippen LogP contribution in [0.15, 0.2) is 18.3 Å². The van der Waals surface area contributed by atoms with Crippen molar-refractivity contribution < 1.29 is 4.79 Å². The Morgan fingerprint density at radius 1 is 1.36 bits per heavy atom. The molecule has 1 aliphatic rings. The van der Waals surface area contributed by atoms with E-state index in [-0.39, 0.29) is 17.4 Å². The standard InChI is InChI=1S/C17H28N4O/c1-4-19-15-11-14(9-10-20-15)21-16(22)12-5-7-13(8-6-12)17(2,3)18/h9-13H,4-8,18H2,1-3H3,(H2,19,20,21,22)/t12-,13-. The Morgan fingerprint density at radius 3 is 2.64 bits per heavy atom. The van der Waals surface area contributed by atoms with Gasteiger partial charge in [0, 0.05) is 36.0 Å². The summed E-state index contributed by atoms with van der Waals surface area (Å²) in [6.07, 6.45) is 5.60. The van der Waals surface area contributed by atoms with Crippen LogP contribution < -0.4 is 16.4 Å². The van der Waals surface area contributed by atoms with Crippen LogP contribution in [0.25, 0.3) is 0 Å². The van der Waals surface area contributed by atoms with Crippen molar-refractivity contribution in [1.82, 2.24) is 4.98 Å². The smallest absolute Gasteiger partial charge is 0.227 e. The first-order valence-electron chi connectivity index (χ1n) is 8.19. The molecule has 5 heteroatoms. The molecule has 0 aliphatic heterocycles. The third-order valence-corrected chi connectivity index (χ3v) is 4.54. The maximum absolute atomic E-state index is 12.4. The van der Waals surface area contributed by atoms with Crippen LogP contribution in [-0.2, 0) is 4.79 Å². The molecule has 2 rings (SSSR count). The van der Waals surface area contributed by atoms with Gasteiger partial charge >= 0.3 is 0 Å². The van der Waals surface area contributed by atoms with Gasteiger partial charge in [-0.1, -0.05) is 0 Å². The molecule has 1 heterocycles. The summed E-state index contributed by atoms with van der Waals surface area (Å²) in [6, 6.07) is 3.70. The molecule has 0 atom stereocenters. The molecule has 1 aromatic rings. The number of carbonyl (C=O) groups excluding carboxylic acids is 1. The molecule has 0 unspecified atom stereocenters. The Bertz CT molecular complexity index is 502. The number of pyridine rings is 1. The van der Waals surface area contributed by atoms with Crippen LogP contribution in [0.3, 0.4) is 0 Å². The largest absolute Gasteiger partial charge is 0.370 e. The fourth-order valence-corrected chi connectivity index (χ4v) is 3.13. The topological polar surface area (TPSA) is 80.0 Å². The van der Waals surface area contributed by atoms with Gasteiger partial charge in [0.2, 0.25) is 5.91 Å². The molecule has 1 saturated carbocycles. The third kappa shape index (κ3) is 4.44. The van der Waals surface area contributed by atoms with Crippen molar-refractivity contribution in [2.75, 3.05) is 17.2 Å². The van der Waals surface area contributed by atoms with Crippen LogP contribution >= 0.6 is 0 Å². The molecule has 0 radical (unpaired) electrons. The second-order valence-electron chi connectivity index (χ2n) is 6.82. The highest BCUT2D eigenvalue weighted by Crippen LogP contribution is 2.34. The highest BCUT2D eigenvalue weighted by atomic mass is 16.1. The van der Waals surface area contributed by atoms with Crippen LogP contribution in [0.1, 0.15) is 46.5 Å². The molecule has 22 heavy (non-hydrogen) atoms. The highest BCUT2D eigenvalue weighted by Gasteiger charge is 2.32. The summed E-state index contributed by atoms with van der Waals surface area (Å²) in [7, 11) is 0. The summed E-state index contributed by atoms with van der Waals surface area (Å²) < 4.78 is 0. The molecule has 4 N–H and O–H groups in total. The second kappa shape index (κ2) is 7.09. The van der Waals surface area contributed by atoms with Gasteiger partial charge in [0.15, 0.2) is 0 Å². The summed E-state index contributed by atoms with van der Waals surface area (Å²) in [5.41, 5.74) is 6.84. The Morgan fingerprint density at radius 2 is 2.05 bits per heavy atom. The molecule has 5 nitrogen and oxygen atoms in total. The molecule has 0 saturated heterocycles. The van der Waals surface area contributed by atoms with E-state index in [0.29, 0.717) is 5.92 Å². The van der Waals surface area contributed by atoms with Crippen molar-refractivity contribution in [3.63, 3.8) is 0 Å². The zero-order chi connectivity index (χ0) is 16.2. The lowest BCUT2D eigenvalue weighted by Gasteiger charge is -2.36. The number of hydrogen-bond donors (Lipinski definition) is 3. The Labute approximate surface area is 133 Å². The van der Waals surface area contributed by atoms with Crippen LogP contribution in [0.2, 0.25) is 0 Å². The minimum absolute atomic E-state index is 0.0920. The maximum Gasteiger partial charge on any atom is 0.227 e. The zero-order valence-electron chi connectivity index (χ0n) is 13.9. The number of carbonyl (C=O) groups is 1. The molecule has 0 spiro atoms. The molecular weight excluding hydrogens is 276 g/mol. The van der Waals surface area contributed by atoms with Crippen molar-refractivity contribution in [1.29, 1.82) is 0 Å². The normalized spacial score (nSPS) is 22.2. The SMILES string of the molecule is CCNc1cc(NC(=O)[C@H]2CC[C@H](C(C)(C)N)CC2)ccn1. The van der Waals surface area contributed by atoms with Crippen molar-refractivity contribution in [3.05, 3.63) is 18.3 Å². The molecular formula is C17H28N4O. The lowest BCUT2D eigenvalue weighted by molar-refractivity contribution is -0.121. The molecule has 1 aromatic heterocycles. The monoisotopic (exact) mass is 304 g/mol. The van der Waals surface area contributed by atoms with Crippen LogP contribution in [0.4, 0.5) is 11.5 Å². The van der Waals surface area contributed by atoms with Crippen molar-refractivity contribution in [2.45, 2.75) is 52.0 Å². The molecule has 1 fully saturated rings. The number of nitrogens with one attached hydrogen (secondary N) is 2. The second-order valence-corrected chi connectivity index (χ2v) is 6.82. The van der Waals surface area contributed by atoms with Gasteiger partial charge in [-0.15, -0.1) is 0 Å². The van der Waals surface area contributed by atoms with E-state index in [1.807, 2.05) is 19.1 Å². The van der Waals surface area contributed by atoms with E-state index in [0.717, 1.165) is 43.7 Å². The number of nitrogens with two attached hydrogens (primary N) is 1. The number of aromatic nitrogens is 1. The molecule has 122 valence electrons. The van der Waals surface area contributed by atoms with Gasteiger partial charge in [-0.05, 0) is 58.4 Å². The van der Waals surface area contributed by atoms with Gasteiger partial charge in [0.25, 0.3) is 0 Å². The number of hydrogen-bond acceptors (Lipinski definition) is 4. The lowest BCUT2D eigenvalue weighted by atomic mass is 9.73. The van der Waals surface area contributed by atoms with E-state index < -0.39 is 0 Å². The van der Waals surface area contributed by atoms with Gasteiger partial charge < -0.3 is 16.4 Å². The Balaban J connectivity index is 1.89. The Kier molecular flexibility index (Phi) is 5.40. The lowest BCUT2D eigenvalue weighted by Crippen LogP contribution is -2.43. The van der Waals surface area contributed by atoms with E-state index in [1.54, 1.807) is 6.20 Å². The van der Waals surface area contributed by atoms with Gasteiger partial charge in [0.05, 0.1) is 0 Å².